The zero-order chi connectivity index (χ0) is 14.2. The van der Waals surface area contributed by atoms with Crippen LogP contribution >= 0.6 is 15.9 Å². The lowest BCUT2D eigenvalue weighted by Gasteiger charge is -2.22. The van der Waals surface area contributed by atoms with Crippen molar-refractivity contribution in [1.29, 1.82) is 0 Å². The number of halogens is 1. The van der Waals surface area contributed by atoms with E-state index in [2.05, 4.69) is 22.5 Å². The third-order valence-electron chi connectivity index (χ3n) is 3.23. The number of allylic oxidation sites excluding steroid dienone is 3. The van der Waals surface area contributed by atoms with Crippen LogP contribution in [-0.2, 0) is 4.79 Å². The van der Waals surface area contributed by atoms with E-state index < -0.39 is 11.9 Å². The topological polar surface area (TPSA) is 54.4 Å². The molecular weight excluding hydrogens is 308 g/mol. The minimum atomic E-state index is -0.912. The summed E-state index contributed by atoms with van der Waals surface area (Å²) in [5.74, 6) is -1.64. The Morgan fingerprint density at radius 1 is 1.37 bits per heavy atom. The number of carbonyl (C=O) groups excluding carboxylic acids is 1. The molecule has 2 rings (SSSR count). The predicted octanol–water partition coefficient (Wildman–Crippen LogP) is 3.66. The summed E-state index contributed by atoms with van der Waals surface area (Å²) in [7, 11) is 0. The molecule has 0 saturated carbocycles. The summed E-state index contributed by atoms with van der Waals surface area (Å²) < 4.78 is 0.615. The molecule has 1 aliphatic rings. The van der Waals surface area contributed by atoms with Gasteiger partial charge in [-0.1, -0.05) is 37.8 Å². The fraction of sp³-hybridized carbons (Fsp3) is 0.200. The fourth-order valence-corrected chi connectivity index (χ4v) is 2.64. The molecule has 0 fully saturated rings. The SMILES string of the molecule is C=C1C(Br)=C(CC(C)C(=O)O)C(=O)c2ccccc21. The van der Waals surface area contributed by atoms with Crippen molar-refractivity contribution < 1.29 is 14.7 Å². The number of ketones is 1. The second-order valence-corrected chi connectivity index (χ2v) is 5.38. The van der Waals surface area contributed by atoms with E-state index in [1.807, 2.05) is 12.1 Å². The molecule has 1 N–H and O–H groups in total. The number of rotatable bonds is 3. The fourth-order valence-electron chi connectivity index (χ4n) is 2.08. The summed E-state index contributed by atoms with van der Waals surface area (Å²) in [6.07, 6.45) is 0.197. The standard InChI is InChI=1S/C15H13BrO3/c1-8(15(18)19)7-12-13(16)9(2)10-5-3-4-6-11(10)14(12)17/h3-6,8H,2,7H2,1H3,(H,18,19). The van der Waals surface area contributed by atoms with Crippen LogP contribution in [0.1, 0.15) is 29.3 Å². The zero-order valence-electron chi connectivity index (χ0n) is 10.4. The first-order chi connectivity index (χ1) is 8.93. The molecule has 19 heavy (non-hydrogen) atoms. The highest BCUT2D eigenvalue weighted by Gasteiger charge is 2.29. The summed E-state index contributed by atoms with van der Waals surface area (Å²) in [6.45, 7) is 5.56. The second kappa shape index (κ2) is 5.13. The number of benzene rings is 1. The third-order valence-corrected chi connectivity index (χ3v) is 4.19. The third kappa shape index (κ3) is 2.40. The molecule has 4 heteroatoms. The van der Waals surface area contributed by atoms with Crippen LogP contribution in [0.5, 0.6) is 0 Å². The Morgan fingerprint density at radius 3 is 2.53 bits per heavy atom. The highest BCUT2D eigenvalue weighted by atomic mass is 79.9. The largest absolute Gasteiger partial charge is 0.481 e. The molecule has 0 spiro atoms. The van der Waals surface area contributed by atoms with E-state index >= 15 is 0 Å². The first-order valence-corrected chi connectivity index (χ1v) is 6.67. The van der Waals surface area contributed by atoms with E-state index in [1.54, 1.807) is 19.1 Å². The van der Waals surface area contributed by atoms with E-state index in [0.29, 0.717) is 15.6 Å². The van der Waals surface area contributed by atoms with Crippen molar-refractivity contribution in [3.8, 4) is 0 Å². The lowest BCUT2D eigenvalue weighted by Crippen LogP contribution is -2.18. The minimum absolute atomic E-state index is 0.122. The molecular formula is C15H13BrO3. The Kier molecular flexibility index (Phi) is 3.71. The molecule has 0 amide bonds. The minimum Gasteiger partial charge on any atom is -0.481 e. The van der Waals surface area contributed by atoms with E-state index in [-0.39, 0.29) is 12.2 Å². The molecule has 98 valence electrons. The lowest BCUT2D eigenvalue weighted by atomic mass is 9.84. The van der Waals surface area contributed by atoms with Gasteiger partial charge in [-0.05, 0) is 33.5 Å². The lowest BCUT2D eigenvalue weighted by molar-refractivity contribution is -0.141. The summed E-state index contributed by atoms with van der Waals surface area (Å²) in [4.78, 5) is 23.4. The van der Waals surface area contributed by atoms with Crippen LogP contribution in [0.15, 0.2) is 40.9 Å². The van der Waals surface area contributed by atoms with E-state index in [4.69, 9.17) is 5.11 Å². The van der Waals surface area contributed by atoms with Gasteiger partial charge in [-0.15, -0.1) is 0 Å². The average molecular weight is 321 g/mol. The van der Waals surface area contributed by atoms with Gasteiger partial charge in [0.05, 0.1) is 5.92 Å². The van der Waals surface area contributed by atoms with E-state index in [1.165, 1.54) is 0 Å². The Hall–Kier alpha value is -1.68. The van der Waals surface area contributed by atoms with Gasteiger partial charge in [0.25, 0.3) is 0 Å². The monoisotopic (exact) mass is 320 g/mol. The highest BCUT2D eigenvalue weighted by Crippen LogP contribution is 2.39. The highest BCUT2D eigenvalue weighted by molar-refractivity contribution is 9.12. The molecule has 3 nitrogen and oxygen atoms in total. The number of hydrogen-bond acceptors (Lipinski definition) is 2. The van der Waals surface area contributed by atoms with Crippen molar-refractivity contribution in [3.63, 3.8) is 0 Å². The molecule has 0 heterocycles. The van der Waals surface area contributed by atoms with Crippen molar-refractivity contribution in [2.75, 3.05) is 0 Å². The second-order valence-electron chi connectivity index (χ2n) is 4.59. The molecule has 1 aromatic carbocycles. The normalized spacial score (nSPS) is 16.3. The molecule has 0 bridgehead atoms. The van der Waals surface area contributed by atoms with E-state index in [0.717, 1.165) is 11.1 Å². The smallest absolute Gasteiger partial charge is 0.306 e. The Balaban J connectivity index is 2.46. The molecule has 0 aromatic heterocycles. The van der Waals surface area contributed by atoms with Crippen molar-refractivity contribution in [2.45, 2.75) is 13.3 Å². The van der Waals surface area contributed by atoms with Gasteiger partial charge in [0.2, 0.25) is 0 Å². The molecule has 1 unspecified atom stereocenters. The van der Waals surface area contributed by atoms with Gasteiger partial charge in [0, 0.05) is 15.6 Å². The van der Waals surface area contributed by atoms with Crippen molar-refractivity contribution in [1.82, 2.24) is 0 Å². The molecule has 0 radical (unpaired) electrons. The Bertz CT molecular complexity index is 614. The van der Waals surface area contributed by atoms with Crippen molar-refractivity contribution >= 4 is 33.3 Å². The quantitative estimate of drug-likeness (QED) is 0.924. The number of aliphatic carboxylic acids is 1. The number of fused-ring (bicyclic) bond motifs is 1. The first kappa shape index (κ1) is 13.7. The van der Waals surface area contributed by atoms with Gasteiger partial charge in [-0.3, -0.25) is 9.59 Å². The average Bonchev–Trinajstić information content (AvgIpc) is 2.40. The van der Waals surface area contributed by atoms with Gasteiger partial charge in [-0.2, -0.15) is 0 Å². The van der Waals surface area contributed by atoms with E-state index in [9.17, 15) is 9.59 Å². The maximum Gasteiger partial charge on any atom is 0.306 e. The molecule has 1 aliphatic carbocycles. The maximum atomic E-state index is 12.4. The Labute approximate surface area is 119 Å². The molecule has 1 atom stereocenters. The van der Waals surface area contributed by atoms with Gasteiger partial charge in [0.15, 0.2) is 5.78 Å². The van der Waals surface area contributed by atoms with Gasteiger partial charge in [0.1, 0.15) is 0 Å². The van der Waals surface area contributed by atoms with Crippen LogP contribution in [0.4, 0.5) is 0 Å². The van der Waals surface area contributed by atoms with Crippen LogP contribution in [-0.4, -0.2) is 16.9 Å². The number of carboxylic acid groups (broad SMARTS) is 1. The zero-order valence-corrected chi connectivity index (χ0v) is 12.0. The van der Waals surface area contributed by atoms with Gasteiger partial charge < -0.3 is 5.11 Å². The molecule has 1 aromatic rings. The summed E-state index contributed by atoms with van der Waals surface area (Å²) in [5.41, 5.74) is 2.59. The molecule has 0 aliphatic heterocycles. The van der Waals surface area contributed by atoms with Crippen molar-refractivity contribution in [3.05, 3.63) is 52.0 Å². The van der Waals surface area contributed by atoms with Crippen LogP contribution < -0.4 is 0 Å². The predicted molar refractivity (Wildman–Crippen MR) is 77.2 cm³/mol. The summed E-state index contributed by atoms with van der Waals surface area (Å²) >= 11 is 3.37. The number of carboxylic acids is 1. The summed E-state index contributed by atoms with van der Waals surface area (Å²) in [6, 6.07) is 7.23. The van der Waals surface area contributed by atoms with Crippen molar-refractivity contribution in [2.24, 2.45) is 5.92 Å². The Morgan fingerprint density at radius 2 is 1.95 bits per heavy atom. The van der Waals surface area contributed by atoms with Crippen LogP contribution in [0, 0.1) is 5.92 Å². The van der Waals surface area contributed by atoms with Gasteiger partial charge >= 0.3 is 5.97 Å². The number of hydrogen-bond donors (Lipinski definition) is 1. The van der Waals surface area contributed by atoms with Gasteiger partial charge in [-0.25, -0.2) is 0 Å². The van der Waals surface area contributed by atoms with Crippen LogP contribution in [0.2, 0.25) is 0 Å². The first-order valence-electron chi connectivity index (χ1n) is 5.88. The summed E-state index contributed by atoms with van der Waals surface area (Å²) in [5, 5.41) is 8.97. The van der Waals surface area contributed by atoms with Crippen LogP contribution in [0.3, 0.4) is 0 Å². The van der Waals surface area contributed by atoms with Crippen LogP contribution in [0.25, 0.3) is 5.57 Å². The number of Topliss-reactive ketones (excluding diaryl/α,β-unsaturated/α-hetero) is 1. The number of carbonyl (C=O) groups is 2. The molecule has 0 saturated heterocycles. The maximum absolute atomic E-state index is 12.4.